The highest BCUT2D eigenvalue weighted by Crippen LogP contribution is 2.38. The van der Waals surface area contributed by atoms with Gasteiger partial charge in [0.2, 0.25) is 0 Å². The molecule has 2 unspecified atom stereocenters. The lowest BCUT2D eigenvalue weighted by atomic mass is 10.0. The van der Waals surface area contributed by atoms with Crippen molar-refractivity contribution >= 4 is 19.8 Å². The van der Waals surface area contributed by atoms with E-state index in [9.17, 15) is 19.0 Å². The molecule has 0 saturated carbocycles. The molecule has 0 amide bonds. The van der Waals surface area contributed by atoms with Crippen LogP contribution in [0.5, 0.6) is 0 Å². The van der Waals surface area contributed by atoms with E-state index in [2.05, 4.69) is 38.2 Å². The van der Waals surface area contributed by atoms with Gasteiger partial charge >= 0.3 is 11.9 Å². The van der Waals surface area contributed by atoms with Crippen molar-refractivity contribution in [1.82, 2.24) is 0 Å². The standard InChI is InChI=1S/C73H142NO8P/c1-6-8-10-12-14-16-18-20-22-24-26-27-28-29-30-31-32-33-34-35-36-37-38-39-40-41-42-43-44-45-46-48-49-51-53-55-57-59-61-63-65-72(75)79-69-71(70-81-83(77,78)80-68-67-74(3,4)5)82-73(76)66-64-62-60-58-56-54-52-50-47-25-23-21-19-17-15-13-11-9-7-2/h15,17,21,23,71H,6-14,16,18-20,22,24-70H2,1-5H3/b17-15-,23-21-. The predicted octanol–water partition coefficient (Wildman–Crippen LogP) is 23.0. The number of rotatable bonds is 69. The minimum Gasteiger partial charge on any atom is -0.756 e. The van der Waals surface area contributed by atoms with E-state index in [1.807, 2.05) is 21.1 Å². The Bertz CT molecular complexity index is 1450. The van der Waals surface area contributed by atoms with Crippen molar-refractivity contribution in [1.29, 1.82) is 0 Å². The third-order valence-corrected chi connectivity index (χ3v) is 17.7. The minimum absolute atomic E-state index is 0.0291. The molecule has 0 saturated heterocycles. The molecule has 0 aromatic heterocycles. The van der Waals surface area contributed by atoms with E-state index < -0.39 is 26.5 Å². The number of carbonyl (C=O) groups excluding carboxylic acids is 2. The number of phosphoric ester groups is 1. The molecule has 2 atom stereocenters. The van der Waals surface area contributed by atoms with E-state index in [1.54, 1.807) is 0 Å². The van der Waals surface area contributed by atoms with E-state index in [0.29, 0.717) is 17.4 Å². The molecule has 83 heavy (non-hydrogen) atoms. The largest absolute Gasteiger partial charge is 0.756 e. The van der Waals surface area contributed by atoms with Gasteiger partial charge in [0.1, 0.15) is 19.8 Å². The summed E-state index contributed by atoms with van der Waals surface area (Å²) in [6.45, 7) is 4.28. The number of unbranched alkanes of at least 4 members (excludes halogenated alkanes) is 51. The highest BCUT2D eigenvalue weighted by atomic mass is 31.2. The van der Waals surface area contributed by atoms with Gasteiger partial charge in [-0.15, -0.1) is 0 Å². The Morgan fingerprint density at radius 3 is 0.976 bits per heavy atom. The van der Waals surface area contributed by atoms with Crippen molar-refractivity contribution in [2.24, 2.45) is 0 Å². The van der Waals surface area contributed by atoms with Gasteiger partial charge in [-0.1, -0.05) is 346 Å². The van der Waals surface area contributed by atoms with Crippen LogP contribution in [-0.2, 0) is 32.7 Å². The molecule has 0 aliphatic heterocycles. The van der Waals surface area contributed by atoms with E-state index in [-0.39, 0.29) is 32.0 Å². The number of esters is 2. The van der Waals surface area contributed by atoms with Crippen LogP contribution in [0.2, 0.25) is 0 Å². The lowest BCUT2D eigenvalue weighted by Crippen LogP contribution is -2.37. The van der Waals surface area contributed by atoms with Gasteiger partial charge in [-0.3, -0.25) is 14.2 Å². The number of hydrogen-bond donors (Lipinski definition) is 0. The van der Waals surface area contributed by atoms with Gasteiger partial charge in [-0.2, -0.15) is 0 Å². The van der Waals surface area contributed by atoms with E-state index in [0.717, 1.165) is 51.4 Å². The third-order valence-electron chi connectivity index (χ3n) is 16.7. The summed E-state index contributed by atoms with van der Waals surface area (Å²) in [6.07, 6.45) is 81.5. The first kappa shape index (κ1) is 81.5. The van der Waals surface area contributed by atoms with Crippen LogP contribution in [0.4, 0.5) is 0 Å². The van der Waals surface area contributed by atoms with Crippen molar-refractivity contribution in [2.45, 2.75) is 386 Å². The molecule has 0 fully saturated rings. The predicted molar refractivity (Wildman–Crippen MR) is 356 cm³/mol. The molecule has 10 heteroatoms. The molecule has 0 aliphatic carbocycles. The van der Waals surface area contributed by atoms with Crippen LogP contribution in [0.3, 0.4) is 0 Å². The fourth-order valence-electron chi connectivity index (χ4n) is 11.1. The summed E-state index contributed by atoms with van der Waals surface area (Å²) in [5.74, 6) is -0.818. The topological polar surface area (TPSA) is 111 Å². The summed E-state index contributed by atoms with van der Waals surface area (Å²) in [6, 6.07) is 0. The summed E-state index contributed by atoms with van der Waals surface area (Å²) in [5, 5.41) is 0. The Morgan fingerprint density at radius 1 is 0.373 bits per heavy atom. The second-order valence-electron chi connectivity index (χ2n) is 26.3. The van der Waals surface area contributed by atoms with Crippen LogP contribution in [0, 0.1) is 0 Å². The highest BCUT2D eigenvalue weighted by Gasteiger charge is 2.22. The van der Waals surface area contributed by atoms with Gasteiger partial charge in [-0.25, -0.2) is 0 Å². The van der Waals surface area contributed by atoms with Crippen LogP contribution in [0.15, 0.2) is 24.3 Å². The maximum absolute atomic E-state index is 12.8. The molecule has 9 nitrogen and oxygen atoms in total. The van der Waals surface area contributed by atoms with Crippen LogP contribution >= 0.6 is 7.82 Å². The summed E-state index contributed by atoms with van der Waals surface area (Å²) in [5.41, 5.74) is 0. The van der Waals surface area contributed by atoms with Gasteiger partial charge < -0.3 is 27.9 Å². The van der Waals surface area contributed by atoms with Crippen molar-refractivity contribution in [3.8, 4) is 0 Å². The first-order chi connectivity index (χ1) is 40.5. The number of likely N-dealkylation sites (N-methyl/N-ethyl adjacent to an activating group) is 1. The molecule has 0 heterocycles. The van der Waals surface area contributed by atoms with Crippen molar-refractivity contribution in [3.05, 3.63) is 24.3 Å². The maximum Gasteiger partial charge on any atom is 0.306 e. The number of carbonyl (C=O) groups is 2. The normalized spacial score (nSPS) is 13.2. The van der Waals surface area contributed by atoms with Crippen molar-refractivity contribution in [3.63, 3.8) is 0 Å². The lowest BCUT2D eigenvalue weighted by Gasteiger charge is -2.28. The van der Waals surface area contributed by atoms with Gasteiger partial charge in [0.25, 0.3) is 7.82 Å². The zero-order valence-corrected chi connectivity index (χ0v) is 57.1. The Kier molecular flexibility index (Phi) is 63.8. The number of ether oxygens (including phenoxy) is 2. The van der Waals surface area contributed by atoms with Crippen LogP contribution in [-0.4, -0.2) is 70.0 Å². The highest BCUT2D eigenvalue weighted by molar-refractivity contribution is 7.45. The number of quaternary nitrogens is 1. The molecule has 0 aromatic carbocycles. The molecule has 0 rings (SSSR count). The smallest absolute Gasteiger partial charge is 0.306 e. The zero-order valence-electron chi connectivity index (χ0n) is 56.2. The van der Waals surface area contributed by atoms with Gasteiger partial charge in [0.15, 0.2) is 6.10 Å². The monoisotopic (exact) mass is 1190 g/mol. The van der Waals surface area contributed by atoms with E-state index >= 15 is 0 Å². The molecule has 0 spiro atoms. The van der Waals surface area contributed by atoms with Crippen molar-refractivity contribution < 1.29 is 42.1 Å². The first-order valence-corrected chi connectivity index (χ1v) is 38.0. The quantitative estimate of drug-likeness (QED) is 0.0195. The Hall–Kier alpha value is -1.51. The number of phosphoric acid groups is 1. The fraction of sp³-hybridized carbons (Fsp3) is 0.918. The Morgan fingerprint density at radius 2 is 0.651 bits per heavy atom. The molecule has 492 valence electrons. The second kappa shape index (κ2) is 64.9. The number of nitrogens with zero attached hydrogens (tertiary/aromatic N) is 1. The zero-order chi connectivity index (χ0) is 60.5. The minimum atomic E-state index is -4.64. The Labute approximate surface area is 517 Å². The fourth-order valence-corrected chi connectivity index (χ4v) is 11.8. The van der Waals surface area contributed by atoms with Crippen LogP contribution in [0.1, 0.15) is 380 Å². The molecule has 0 aromatic rings. The average Bonchev–Trinajstić information content (AvgIpc) is 3.49. The van der Waals surface area contributed by atoms with Crippen LogP contribution in [0.25, 0.3) is 0 Å². The van der Waals surface area contributed by atoms with E-state index in [1.165, 1.54) is 295 Å². The maximum atomic E-state index is 12.8. The van der Waals surface area contributed by atoms with Crippen molar-refractivity contribution in [2.75, 3.05) is 47.5 Å². The summed E-state index contributed by atoms with van der Waals surface area (Å²) >= 11 is 0. The molecular weight excluding hydrogens is 1050 g/mol. The van der Waals surface area contributed by atoms with E-state index in [4.69, 9.17) is 18.5 Å². The third kappa shape index (κ3) is 69.5. The molecule has 0 bridgehead atoms. The second-order valence-corrected chi connectivity index (χ2v) is 27.7. The average molecular weight is 1190 g/mol. The molecule has 0 aliphatic rings. The summed E-state index contributed by atoms with van der Waals surface area (Å²) in [4.78, 5) is 38.0. The van der Waals surface area contributed by atoms with Gasteiger partial charge in [-0.05, 0) is 44.9 Å². The van der Waals surface area contributed by atoms with Crippen LogP contribution < -0.4 is 4.89 Å². The molecule has 0 radical (unpaired) electrons. The molecule has 0 N–H and O–H groups in total. The number of hydrogen-bond acceptors (Lipinski definition) is 8. The van der Waals surface area contributed by atoms with Gasteiger partial charge in [0, 0.05) is 12.8 Å². The SMILES string of the molecule is CCCCC/C=C\C/C=C\CCCCCCCCCCCC(=O)OC(COC(=O)CCCCCCCCCCCCCCCCCCCCCCCCCCCCCCCCCCCCCCCCCC)COP(=O)([O-])OCC[N+](C)(C)C. The molecular formula is C73H142NO8P. The lowest BCUT2D eigenvalue weighted by molar-refractivity contribution is -0.870. The Balaban J connectivity index is 3.84. The first-order valence-electron chi connectivity index (χ1n) is 36.5. The summed E-state index contributed by atoms with van der Waals surface area (Å²) < 4.78 is 34.3. The summed E-state index contributed by atoms with van der Waals surface area (Å²) in [7, 11) is 1.18. The van der Waals surface area contributed by atoms with Gasteiger partial charge in [0.05, 0.1) is 27.7 Å². The number of allylic oxidation sites excluding steroid dienone is 4.